The van der Waals surface area contributed by atoms with Gasteiger partial charge in [-0.05, 0) is 30.2 Å². The lowest BCUT2D eigenvalue weighted by molar-refractivity contribution is 0.112. The predicted octanol–water partition coefficient (Wildman–Crippen LogP) is 3.88. The number of allylic oxidation sites excluding steroid dienone is 1. The van der Waals surface area contributed by atoms with Crippen LogP contribution in [0.1, 0.15) is 38.5 Å². The van der Waals surface area contributed by atoms with Gasteiger partial charge in [0, 0.05) is 46.4 Å². The molecule has 0 atom stereocenters. The summed E-state index contributed by atoms with van der Waals surface area (Å²) in [6, 6.07) is 9.43. The third-order valence-corrected chi connectivity index (χ3v) is 4.58. The zero-order valence-corrected chi connectivity index (χ0v) is 13.7. The average molecular weight is 346 g/mol. The van der Waals surface area contributed by atoms with Crippen molar-refractivity contribution in [3.8, 4) is 22.5 Å². The smallest absolute Gasteiger partial charge is 0.182 e. The molecule has 26 heavy (non-hydrogen) atoms. The summed E-state index contributed by atoms with van der Waals surface area (Å²) in [4.78, 5) is 34.4. The molecular weight excluding hydrogens is 332 g/mol. The van der Waals surface area contributed by atoms with E-state index in [1.165, 1.54) is 18.2 Å². The summed E-state index contributed by atoms with van der Waals surface area (Å²) in [6.45, 7) is 0. The average Bonchev–Trinajstić information content (AvgIpc) is 2.65. The van der Waals surface area contributed by atoms with Gasteiger partial charge in [-0.1, -0.05) is 12.1 Å². The number of rotatable bonds is 3. The number of aliphatic hydroxyl groups is 1. The first kappa shape index (κ1) is 16.0. The quantitative estimate of drug-likeness (QED) is 0.728. The van der Waals surface area contributed by atoms with Gasteiger partial charge in [0.15, 0.2) is 11.7 Å². The molecule has 3 aliphatic rings. The number of hydrogen-bond acceptors (Lipinski definition) is 5. The van der Waals surface area contributed by atoms with Crippen LogP contribution in [0.15, 0.2) is 51.4 Å². The molecule has 0 bridgehead atoms. The van der Waals surface area contributed by atoms with Crippen molar-refractivity contribution in [3.05, 3.63) is 74.8 Å². The van der Waals surface area contributed by atoms with Crippen molar-refractivity contribution in [2.75, 3.05) is 0 Å². The fourth-order valence-electron chi connectivity index (χ4n) is 3.39. The molecule has 0 saturated heterocycles. The summed E-state index contributed by atoms with van der Waals surface area (Å²) in [5.74, 6) is 1.06. The van der Waals surface area contributed by atoms with E-state index >= 15 is 0 Å². The van der Waals surface area contributed by atoms with E-state index in [1.807, 2.05) is 0 Å². The van der Waals surface area contributed by atoms with Gasteiger partial charge in [0.25, 0.3) is 0 Å². The van der Waals surface area contributed by atoms with E-state index in [0.717, 1.165) is 11.1 Å². The molecule has 0 unspecified atom stereocenters. The molecule has 0 saturated carbocycles. The fraction of sp³-hybridized carbons (Fsp3) is 0.0952. The van der Waals surface area contributed by atoms with Crippen LogP contribution in [0.3, 0.4) is 0 Å². The number of carbonyl (C=O) groups excluding carboxylic acids is 2. The largest absolute Gasteiger partial charge is 0.512 e. The summed E-state index contributed by atoms with van der Waals surface area (Å²) in [6.07, 6.45) is 3.94. The van der Waals surface area contributed by atoms with E-state index in [0.29, 0.717) is 59.2 Å². The Hall–Kier alpha value is -3.47. The van der Waals surface area contributed by atoms with E-state index in [-0.39, 0.29) is 11.2 Å². The van der Waals surface area contributed by atoms with Gasteiger partial charge >= 0.3 is 0 Å². The molecule has 5 heteroatoms. The van der Waals surface area contributed by atoms with Gasteiger partial charge in [-0.3, -0.25) is 14.4 Å². The molecule has 1 heterocycles. The number of hydrogen-bond donors (Lipinski definition) is 1. The van der Waals surface area contributed by atoms with Gasteiger partial charge in [-0.25, -0.2) is 0 Å². The standard InChI is InChI=1S/C21H14O5/c22-10-12-1-4-16(13(7-12)11-23)21-17-5-2-14(24)8-19(17)26-20-9-15(25)3-6-18(20)21/h1-2,4-5,7-11,25H,3,6H2. The maximum Gasteiger partial charge on any atom is 0.182 e. The SMILES string of the molecule is O=Cc1ccc(-c2c3ccc(=O)cc-3oc3c2CCC(O)=C3)c(C=O)c1. The molecule has 5 nitrogen and oxygen atoms in total. The van der Waals surface area contributed by atoms with Crippen molar-refractivity contribution in [3.63, 3.8) is 0 Å². The van der Waals surface area contributed by atoms with Crippen LogP contribution in [0.5, 0.6) is 0 Å². The van der Waals surface area contributed by atoms with Crippen LogP contribution in [0.4, 0.5) is 0 Å². The number of aldehydes is 2. The fourth-order valence-corrected chi connectivity index (χ4v) is 3.39. The molecule has 0 spiro atoms. The first-order valence-electron chi connectivity index (χ1n) is 8.15. The Bertz CT molecular complexity index is 1100. The summed E-state index contributed by atoms with van der Waals surface area (Å²) in [5.41, 5.74) is 3.61. The van der Waals surface area contributed by atoms with Gasteiger partial charge in [0.1, 0.15) is 17.8 Å². The minimum atomic E-state index is -0.192. The van der Waals surface area contributed by atoms with Crippen molar-refractivity contribution in [2.24, 2.45) is 0 Å². The van der Waals surface area contributed by atoms with Crippen LogP contribution in [0.25, 0.3) is 28.5 Å². The molecule has 0 fully saturated rings. The van der Waals surface area contributed by atoms with E-state index < -0.39 is 0 Å². The summed E-state index contributed by atoms with van der Waals surface area (Å²) < 4.78 is 5.84. The second-order valence-corrected chi connectivity index (χ2v) is 6.20. The lowest BCUT2D eigenvalue weighted by Gasteiger charge is -2.22. The van der Waals surface area contributed by atoms with Gasteiger partial charge in [0.2, 0.25) is 0 Å². The highest BCUT2D eigenvalue weighted by Gasteiger charge is 2.25. The monoisotopic (exact) mass is 346 g/mol. The lowest BCUT2D eigenvalue weighted by Crippen LogP contribution is -2.07. The second-order valence-electron chi connectivity index (χ2n) is 6.20. The highest BCUT2D eigenvalue weighted by molar-refractivity contribution is 5.96. The summed E-state index contributed by atoms with van der Waals surface area (Å²) >= 11 is 0. The topological polar surface area (TPSA) is 84.6 Å². The predicted molar refractivity (Wildman–Crippen MR) is 96.7 cm³/mol. The Kier molecular flexibility index (Phi) is 3.77. The Morgan fingerprint density at radius 2 is 1.77 bits per heavy atom. The molecule has 1 aromatic carbocycles. The summed E-state index contributed by atoms with van der Waals surface area (Å²) in [7, 11) is 0. The minimum Gasteiger partial charge on any atom is -0.512 e. The maximum atomic E-state index is 11.8. The van der Waals surface area contributed by atoms with Crippen molar-refractivity contribution >= 4 is 18.6 Å². The maximum absolute atomic E-state index is 11.8. The molecule has 1 aromatic rings. The zero-order chi connectivity index (χ0) is 18.3. The van der Waals surface area contributed by atoms with Crippen LogP contribution in [0, 0.1) is 0 Å². The van der Waals surface area contributed by atoms with Crippen LogP contribution in [-0.4, -0.2) is 17.7 Å². The molecule has 1 aliphatic heterocycles. The van der Waals surface area contributed by atoms with Crippen molar-refractivity contribution in [1.29, 1.82) is 0 Å². The highest BCUT2D eigenvalue weighted by atomic mass is 16.3. The first-order chi connectivity index (χ1) is 12.6. The van der Waals surface area contributed by atoms with E-state index in [4.69, 9.17) is 4.42 Å². The van der Waals surface area contributed by atoms with E-state index in [2.05, 4.69) is 0 Å². The van der Waals surface area contributed by atoms with Gasteiger partial charge in [-0.2, -0.15) is 0 Å². The highest BCUT2D eigenvalue weighted by Crippen LogP contribution is 2.42. The van der Waals surface area contributed by atoms with Crippen LogP contribution in [0.2, 0.25) is 0 Å². The second kappa shape index (κ2) is 6.11. The van der Waals surface area contributed by atoms with Crippen LogP contribution < -0.4 is 5.43 Å². The van der Waals surface area contributed by atoms with Crippen molar-refractivity contribution in [2.45, 2.75) is 12.8 Å². The summed E-state index contributed by atoms with van der Waals surface area (Å²) in [5, 5.41) is 9.86. The molecule has 0 aromatic heterocycles. The van der Waals surface area contributed by atoms with E-state index in [9.17, 15) is 19.5 Å². The number of benzene rings is 2. The Morgan fingerprint density at radius 1 is 0.962 bits per heavy atom. The van der Waals surface area contributed by atoms with E-state index in [1.54, 1.807) is 24.3 Å². The zero-order valence-electron chi connectivity index (χ0n) is 13.7. The first-order valence-corrected chi connectivity index (χ1v) is 8.15. The molecule has 4 rings (SSSR count). The number of fused-ring (bicyclic) bond motifs is 2. The molecule has 1 N–H and O–H groups in total. The Morgan fingerprint density at radius 3 is 2.54 bits per heavy atom. The van der Waals surface area contributed by atoms with Gasteiger partial charge in [0.05, 0.1) is 5.76 Å². The lowest BCUT2D eigenvalue weighted by atomic mass is 9.86. The van der Waals surface area contributed by atoms with Crippen LogP contribution in [-0.2, 0) is 6.42 Å². The van der Waals surface area contributed by atoms with Gasteiger partial charge in [-0.15, -0.1) is 0 Å². The van der Waals surface area contributed by atoms with Gasteiger partial charge < -0.3 is 9.52 Å². The molecule has 0 amide bonds. The molecule has 128 valence electrons. The molecule has 0 radical (unpaired) electrons. The third kappa shape index (κ3) is 2.54. The van der Waals surface area contributed by atoms with Crippen molar-refractivity contribution < 1.29 is 19.1 Å². The normalized spacial score (nSPS) is 13.2. The van der Waals surface area contributed by atoms with Crippen LogP contribution >= 0.6 is 0 Å². The third-order valence-electron chi connectivity index (χ3n) is 4.58. The molecular formula is C21H14O5. The van der Waals surface area contributed by atoms with Crippen molar-refractivity contribution in [1.82, 2.24) is 0 Å². The Labute approximate surface area is 148 Å². The number of aliphatic hydroxyl groups excluding tert-OH is 1. The number of carbonyl (C=O) groups is 2. The minimum absolute atomic E-state index is 0.192. The Balaban J connectivity index is 2.12. The molecule has 2 aliphatic carbocycles.